The molecule has 1 N–H and O–H groups in total. The predicted octanol–water partition coefficient (Wildman–Crippen LogP) is 4.45. The van der Waals surface area contributed by atoms with Crippen LogP contribution in [0.25, 0.3) is 0 Å². The number of benzene rings is 1. The van der Waals surface area contributed by atoms with Gasteiger partial charge in [-0.1, -0.05) is 15.9 Å². The molecule has 0 aliphatic carbocycles. The Balaban J connectivity index is 2.36. The maximum Gasteiger partial charge on any atom is 0.418 e. The molecule has 0 aromatic heterocycles. The highest BCUT2D eigenvalue weighted by molar-refractivity contribution is 9.10. The Hall–Kier alpha value is -0.750. The molecule has 0 radical (unpaired) electrons. The predicted molar refractivity (Wildman–Crippen MR) is 71.2 cm³/mol. The second-order valence-corrected chi connectivity index (χ2v) is 5.91. The highest BCUT2D eigenvalue weighted by atomic mass is 79.9. The van der Waals surface area contributed by atoms with Crippen LogP contribution in [0.3, 0.4) is 0 Å². The van der Waals surface area contributed by atoms with E-state index in [4.69, 9.17) is 4.74 Å². The van der Waals surface area contributed by atoms with E-state index in [0.29, 0.717) is 17.5 Å². The van der Waals surface area contributed by atoms with Gasteiger partial charge in [-0.3, -0.25) is 0 Å². The molecule has 1 aliphatic rings. The first-order valence-electron chi connectivity index (χ1n) is 5.99. The number of nitrogens with one attached hydrogen (secondary N) is 1. The van der Waals surface area contributed by atoms with Gasteiger partial charge in [0, 0.05) is 16.8 Å². The zero-order valence-corrected chi connectivity index (χ0v) is 12.2. The van der Waals surface area contributed by atoms with Crippen molar-refractivity contribution >= 4 is 21.6 Å². The summed E-state index contributed by atoms with van der Waals surface area (Å²) in [6, 6.07) is 3.93. The maximum absolute atomic E-state index is 13.0. The zero-order chi connectivity index (χ0) is 14.3. The molecule has 2 unspecified atom stereocenters. The lowest BCUT2D eigenvalue weighted by Crippen LogP contribution is -2.41. The van der Waals surface area contributed by atoms with Crippen LogP contribution < -0.4 is 5.32 Å². The van der Waals surface area contributed by atoms with Gasteiger partial charge in [-0.05, 0) is 38.5 Å². The molecule has 19 heavy (non-hydrogen) atoms. The number of rotatable bonds is 2. The molecule has 0 saturated carbocycles. The number of hydrogen-bond acceptors (Lipinski definition) is 2. The molecule has 0 amide bonds. The summed E-state index contributed by atoms with van der Waals surface area (Å²) in [4.78, 5) is 0. The van der Waals surface area contributed by atoms with Gasteiger partial charge in [-0.2, -0.15) is 13.2 Å². The Morgan fingerprint density at radius 3 is 2.63 bits per heavy atom. The minimum absolute atomic E-state index is 0.0849. The highest BCUT2D eigenvalue weighted by Crippen LogP contribution is 2.39. The second kappa shape index (κ2) is 4.98. The Morgan fingerprint density at radius 2 is 2.11 bits per heavy atom. The summed E-state index contributed by atoms with van der Waals surface area (Å²) >= 11 is 3.21. The molecule has 106 valence electrons. The molecule has 1 aliphatic heterocycles. The molecular formula is C13H15BrF3NO. The first-order chi connectivity index (χ1) is 8.72. The van der Waals surface area contributed by atoms with Crippen molar-refractivity contribution in [1.82, 2.24) is 0 Å². The van der Waals surface area contributed by atoms with Crippen LogP contribution in [0.2, 0.25) is 0 Å². The normalized spacial score (nSPS) is 27.6. The lowest BCUT2D eigenvalue weighted by atomic mass is 9.93. The number of hydrogen-bond donors (Lipinski definition) is 1. The van der Waals surface area contributed by atoms with Gasteiger partial charge in [0.25, 0.3) is 0 Å². The average Bonchev–Trinajstić information content (AvgIpc) is 2.57. The van der Waals surface area contributed by atoms with Crippen molar-refractivity contribution in [1.29, 1.82) is 0 Å². The van der Waals surface area contributed by atoms with Crippen molar-refractivity contribution in [2.75, 3.05) is 11.9 Å². The van der Waals surface area contributed by atoms with E-state index in [1.807, 2.05) is 13.8 Å². The van der Waals surface area contributed by atoms with Crippen molar-refractivity contribution in [3.05, 3.63) is 28.2 Å². The van der Waals surface area contributed by atoms with Gasteiger partial charge in [0.2, 0.25) is 0 Å². The summed E-state index contributed by atoms with van der Waals surface area (Å²) in [5, 5.41) is 3.01. The summed E-state index contributed by atoms with van der Waals surface area (Å²) in [7, 11) is 0. The quantitative estimate of drug-likeness (QED) is 0.860. The summed E-state index contributed by atoms with van der Waals surface area (Å²) in [5.74, 6) is 0. The number of anilines is 1. The molecule has 1 aromatic rings. The van der Waals surface area contributed by atoms with Crippen LogP contribution >= 0.6 is 15.9 Å². The molecule has 1 aromatic carbocycles. The minimum atomic E-state index is -4.37. The molecule has 1 fully saturated rings. The van der Waals surface area contributed by atoms with Crippen LogP contribution in [0.15, 0.2) is 22.7 Å². The van der Waals surface area contributed by atoms with Gasteiger partial charge in [-0.15, -0.1) is 0 Å². The van der Waals surface area contributed by atoms with Crippen LogP contribution in [0.4, 0.5) is 18.9 Å². The largest absolute Gasteiger partial charge is 0.418 e. The van der Waals surface area contributed by atoms with Gasteiger partial charge in [0.05, 0.1) is 17.2 Å². The summed E-state index contributed by atoms with van der Waals surface area (Å²) < 4.78 is 45.0. The standard InChI is InChI=1S/C13H15BrF3NO/c1-8-12(2,5-6-19-8)18-11-7-9(14)3-4-10(11)13(15,16)17/h3-4,7-8,18H,5-6H2,1-2H3. The van der Waals surface area contributed by atoms with Gasteiger partial charge in [-0.25, -0.2) is 0 Å². The maximum atomic E-state index is 13.0. The van der Waals surface area contributed by atoms with E-state index in [1.165, 1.54) is 12.1 Å². The third kappa shape index (κ3) is 3.05. The first kappa shape index (κ1) is 14.7. The van der Waals surface area contributed by atoms with Crippen molar-refractivity contribution in [3.8, 4) is 0 Å². The monoisotopic (exact) mass is 337 g/mol. The number of alkyl halides is 3. The molecule has 6 heteroatoms. The van der Waals surface area contributed by atoms with E-state index in [-0.39, 0.29) is 11.8 Å². The van der Waals surface area contributed by atoms with Crippen LogP contribution in [0.1, 0.15) is 25.8 Å². The highest BCUT2D eigenvalue weighted by Gasteiger charge is 2.40. The number of ether oxygens (including phenoxy) is 1. The summed E-state index contributed by atoms with van der Waals surface area (Å²) in [5.41, 5.74) is -1.06. The SMILES string of the molecule is CC1OCCC1(C)Nc1cc(Br)ccc1C(F)(F)F. The van der Waals surface area contributed by atoms with Crippen molar-refractivity contribution in [3.63, 3.8) is 0 Å². The zero-order valence-electron chi connectivity index (χ0n) is 10.6. The fourth-order valence-corrected chi connectivity index (χ4v) is 2.53. The fourth-order valence-electron chi connectivity index (χ4n) is 2.17. The molecule has 0 bridgehead atoms. The Labute approximate surface area is 118 Å². The Kier molecular flexibility index (Phi) is 3.84. The van der Waals surface area contributed by atoms with Crippen LogP contribution in [0, 0.1) is 0 Å². The van der Waals surface area contributed by atoms with E-state index in [1.54, 1.807) is 0 Å². The number of halogens is 4. The molecule has 0 spiro atoms. The minimum Gasteiger partial charge on any atom is -0.377 e. The lowest BCUT2D eigenvalue weighted by molar-refractivity contribution is -0.137. The van der Waals surface area contributed by atoms with Gasteiger partial charge in [0.15, 0.2) is 0 Å². The lowest BCUT2D eigenvalue weighted by Gasteiger charge is -2.31. The third-order valence-electron chi connectivity index (χ3n) is 3.59. The van der Waals surface area contributed by atoms with E-state index < -0.39 is 17.3 Å². The van der Waals surface area contributed by atoms with Crippen LogP contribution in [-0.2, 0) is 10.9 Å². The molecule has 2 nitrogen and oxygen atoms in total. The molecule has 1 saturated heterocycles. The average molecular weight is 338 g/mol. The smallest absolute Gasteiger partial charge is 0.377 e. The topological polar surface area (TPSA) is 21.3 Å². The van der Waals surface area contributed by atoms with Crippen molar-refractivity contribution in [2.24, 2.45) is 0 Å². The van der Waals surface area contributed by atoms with E-state index in [0.717, 1.165) is 6.07 Å². The van der Waals surface area contributed by atoms with E-state index in [2.05, 4.69) is 21.2 Å². The molecule has 2 rings (SSSR count). The molecule has 2 atom stereocenters. The van der Waals surface area contributed by atoms with Crippen molar-refractivity contribution in [2.45, 2.75) is 38.1 Å². The molecule has 1 heterocycles. The Morgan fingerprint density at radius 1 is 1.42 bits per heavy atom. The molecular weight excluding hydrogens is 323 g/mol. The van der Waals surface area contributed by atoms with Gasteiger partial charge in [0.1, 0.15) is 0 Å². The van der Waals surface area contributed by atoms with E-state index in [9.17, 15) is 13.2 Å². The van der Waals surface area contributed by atoms with Gasteiger partial charge >= 0.3 is 6.18 Å². The summed E-state index contributed by atoms with van der Waals surface area (Å²) in [6.45, 7) is 4.30. The first-order valence-corrected chi connectivity index (χ1v) is 6.78. The van der Waals surface area contributed by atoms with Crippen LogP contribution in [0.5, 0.6) is 0 Å². The van der Waals surface area contributed by atoms with Crippen molar-refractivity contribution < 1.29 is 17.9 Å². The van der Waals surface area contributed by atoms with Gasteiger partial charge < -0.3 is 10.1 Å². The van der Waals surface area contributed by atoms with E-state index >= 15 is 0 Å². The fraction of sp³-hybridized carbons (Fsp3) is 0.538. The third-order valence-corrected chi connectivity index (χ3v) is 4.09. The second-order valence-electron chi connectivity index (χ2n) is 4.99. The summed E-state index contributed by atoms with van der Waals surface area (Å²) in [6.07, 6.45) is -3.83. The Bertz CT molecular complexity index is 477. The van der Waals surface area contributed by atoms with Crippen LogP contribution in [-0.4, -0.2) is 18.2 Å².